The van der Waals surface area contributed by atoms with Crippen LogP contribution in [0.3, 0.4) is 0 Å². The van der Waals surface area contributed by atoms with E-state index in [0.29, 0.717) is 5.92 Å². The molecule has 3 heterocycles. The Kier molecular flexibility index (Phi) is 6.89. The van der Waals surface area contributed by atoms with Gasteiger partial charge in [-0.3, -0.25) is 9.98 Å². The first-order valence-electron chi connectivity index (χ1n) is 10.7. The Morgan fingerprint density at radius 1 is 1.40 bits per heavy atom. The third-order valence-corrected chi connectivity index (χ3v) is 6.35. The minimum atomic E-state index is 0.376. The number of para-hydroxylation sites is 1. The molecule has 2 aliphatic heterocycles. The standard InChI is InChI=1S/C23H30N6S/c1-17-13-18-7-3-4-9-20(18)28-22(17)29-12-5-8-19(14-29)21(24-2)15-30-16-27-23-25-10-6-11-26-23/h3-4,7,9,13,15,19H,2,5-6,8,10-12,14,16H2,1H3,(H2,25,26,27)/b21-15-. The van der Waals surface area contributed by atoms with Gasteiger partial charge in [-0.1, -0.05) is 18.2 Å². The number of aliphatic imine (C=N–C) groups is 2. The maximum Gasteiger partial charge on any atom is 0.191 e. The molecule has 1 atom stereocenters. The quantitative estimate of drug-likeness (QED) is 0.419. The molecule has 1 aromatic heterocycles. The van der Waals surface area contributed by atoms with Crippen molar-refractivity contribution < 1.29 is 0 Å². The number of nitrogens with zero attached hydrogens (tertiary/aromatic N) is 4. The van der Waals surface area contributed by atoms with Crippen LogP contribution in [-0.2, 0) is 0 Å². The lowest BCUT2D eigenvalue weighted by Gasteiger charge is -2.34. The molecule has 7 heteroatoms. The van der Waals surface area contributed by atoms with Crippen molar-refractivity contribution in [3.8, 4) is 0 Å². The molecule has 0 radical (unpaired) electrons. The van der Waals surface area contributed by atoms with Gasteiger partial charge in [-0.25, -0.2) is 4.98 Å². The molecule has 2 aromatic rings. The number of aryl methyl sites for hydroxylation is 1. The van der Waals surface area contributed by atoms with Gasteiger partial charge in [-0.15, -0.1) is 11.8 Å². The number of benzene rings is 1. The van der Waals surface area contributed by atoms with E-state index in [0.717, 1.165) is 74.3 Å². The lowest BCUT2D eigenvalue weighted by Crippen LogP contribution is -2.40. The van der Waals surface area contributed by atoms with Gasteiger partial charge in [-0.2, -0.15) is 0 Å². The van der Waals surface area contributed by atoms with E-state index < -0.39 is 0 Å². The lowest BCUT2D eigenvalue weighted by atomic mass is 9.95. The van der Waals surface area contributed by atoms with Gasteiger partial charge in [-0.05, 0) is 56.0 Å². The van der Waals surface area contributed by atoms with Crippen molar-refractivity contribution >= 4 is 41.2 Å². The number of hydrogen-bond donors (Lipinski definition) is 2. The van der Waals surface area contributed by atoms with E-state index in [9.17, 15) is 0 Å². The second-order valence-electron chi connectivity index (χ2n) is 7.81. The number of aromatic nitrogens is 1. The van der Waals surface area contributed by atoms with Crippen LogP contribution in [0.5, 0.6) is 0 Å². The molecule has 4 rings (SSSR count). The molecule has 0 saturated carbocycles. The fraction of sp³-hybridized carbons (Fsp3) is 0.435. The van der Waals surface area contributed by atoms with Gasteiger partial charge in [0.25, 0.3) is 0 Å². The Morgan fingerprint density at radius 3 is 3.13 bits per heavy atom. The average molecular weight is 423 g/mol. The minimum Gasteiger partial charge on any atom is -0.356 e. The molecule has 30 heavy (non-hydrogen) atoms. The molecule has 6 nitrogen and oxygen atoms in total. The smallest absolute Gasteiger partial charge is 0.191 e. The highest BCUT2D eigenvalue weighted by Gasteiger charge is 2.24. The lowest BCUT2D eigenvalue weighted by molar-refractivity contribution is 0.461. The predicted octanol–water partition coefficient (Wildman–Crippen LogP) is 3.93. The molecular formula is C23H30N6S. The fourth-order valence-corrected chi connectivity index (χ4v) is 4.83. The summed E-state index contributed by atoms with van der Waals surface area (Å²) in [6, 6.07) is 10.6. The van der Waals surface area contributed by atoms with Crippen LogP contribution in [0.4, 0.5) is 5.82 Å². The van der Waals surface area contributed by atoms with Crippen molar-refractivity contribution in [1.29, 1.82) is 0 Å². The van der Waals surface area contributed by atoms with Crippen LogP contribution in [0.1, 0.15) is 24.8 Å². The van der Waals surface area contributed by atoms with Gasteiger partial charge in [0.1, 0.15) is 5.82 Å². The monoisotopic (exact) mass is 422 g/mol. The van der Waals surface area contributed by atoms with Crippen LogP contribution in [0.2, 0.25) is 0 Å². The topological polar surface area (TPSA) is 64.9 Å². The number of anilines is 1. The molecule has 0 aliphatic carbocycles. The van der Waals surface area contributed by atoms with Crippen molar-refractivity contribution in [1.82, 2.24) is 15.6 Å². The zero-order valence-corrected chi connectivity index (χ0v) is 18.4. The van der Waals surface area contributed by atoms with Crippen LogP contribution in [0.15, 0.2) is 51.4 Å². The number of fused-ring (bicyclic) bond motifs is 1. The summed E-state index contributed by atoms with van der Waals surface area (Å²) < 4.78 is 0. The first-order valence-corrected chi connectivity index (χ1v) is 11.7. The van der Waals surface area contributed by atoms with Gasteiger partial charge >= 0.3 is 0 Å². The van der Waals surface area contributed by atoms with Crippen LogP contribution >= 0.6 is 11.8 Å². The van der Waals surface area contributed by atoms with E-state index in [2.05, 4.69) is 74.9 Å². The van der Waals surface area contributed by atoms with E-state index in [1.807, 2.05) is 0 Å². The second kappa shape index (κ2) is 9.98. The van der Waals surface area contributed by atoms with E-state index >= 15 is 0 Å². The van der Waals surface area contributed by atoms with Crippen LogP contribution in [-0.4, -0.2) is 49.7 Å². The van der Waals surface area contributed by atoms with Gasteiger partial charge in [0.15, 0.2) is 5.96 Å². The largest absolute Gasteiger partial charge is 0.356 e. The maximum absolute atomic E-state index is 4.97. The second-order valence-corrected chi connectivity index (χ2v) is 8.66. The van der Waals surface area contributed by atoms with Gasteiger partial charge in [0.05, 0.1) is 17.1 Å². The SMILES string of the molecule is C=N/C(=C\SCNC1=NCCCN1)C1CCCN(c2nc3ccccc3cc2C)C1. The van der Waals surface area contributed by atoms with Gasteiger partial charge < -0.3 is 15.5 Å². The summed E-state index contributed by atoms with van der Waals surface area (Å²) in [5, 5.41) is 9.97. The average Bonchev–Trinajstić information content (AvgIpc) is 2.79. The minimum absolute atomic E-state index is 0.376. The van der Waals surface area contributed by atoms with Gasteiger partial charge in [0, 0.05) is 37.5 Å². The Morgan fingerprint density at radius 2 is 2.30 bits per heavy atom. The zero-order chi connectivity index (χ0) is 20.8. The Labute approximate surface area is 183 Å². The first kappa shape index (κ1) is 20.7. The normalized spacial score (nSPS) is 19.9. The number of piperidine rings is 1. The molecule has 1 aromatic carbocycles. The molecular weight excluding hydrogens is 392 g/mol. The fourth-order valence-electron chi connectivity index (χ4n) is 4.09. The molecule has 0 spiro atoms. The summed E-state index contributed by atoms with van der Waals surface area (Å²) in [6.07, 6.45) is 3.37. The number of rotatable bonds is 6. The molecule has 1 unspecified atom stereocenters. The van der Waals surface area contributed by atoms with Crippen LogP contribution < -0.4 is 15.5 Å². The number of nitrogens with one attached hydrogen (secondary N) is 2. The highest BCUT2D eigenvalue weighted by atomic mass is 32.2. The molecule has 2 aliphatic rings. The number of pyridine rings is 1. The third kappa shape index (κ3) is 4.95. The highest BCUT2D eigenvalue weighted by Crippen LogP contribution is 2.31. The molecule has 0 bridgehead atoms. The van der Waals surface area contributed by atoms with E-state index in [4.69, 9.17) is 4.98 Å². The van der Waals surface area contributed by atoms with E-state index in [-0.39, 0.29) is 0 Å². The summed E-state index contributed by atoms with van der Waals surface area (Å²) in [5.41, 5.74) is 3.35. The molecule has 1 fully saturated rings. The van der Waals surface area contributed by atoms with Crippen LogP contribution in [0.25, 0.3) is 10.9 Å². The van der Waals surface area contributed by atoms with Crippen molar-refractivity contribution in [3.05, 3.63) is 47.0 Å². The highest BCUT2D eigenvalue weighted by molar-refractivity contribution is 8.02. The summed E-state index contributed by atoms with van der Waals surface area (Å²) in [4.78, 5) is 16.2. The number of hydrogen-bond acceptors (Lipinski definition) is 7. The number of thioether (sulfide) groups is 1. The summed E-state index contributed by atoms with van der Waals surface area (Å²) >= 11 is 1.71. The van der Waals surface area contributed by atoms with Crippen molar-refractivity contribution in [2.24, 2.45) is 15.9 Å². The molecule has 2 N–H and O–H groups in total. The Bertz CT molecular complexity index is 954. The molecule has 1 saturated heterocycles. The Hall–Kier alpha value is -2.54. The maximum atomic E-state index is 4.97. The van der Waals surface area contributed by atoms with E-state index in [1.165, 1.54) is 10.9 Å². The van der Waals surface area contributed by atoms with Gasteiger partial charge in [0.2, 0.25) is 0 Å². The molecule has 158 valence electrons. The summed E-state index contributed by atoms with van der Waals surface area (Å²) in [7, 11) is 0. The van der Waals surface area contributed by atoms with E-state index in [1.54, 1.807) is 11.8 Å². The van der Waals surface area contributed by atoms with Crippen molar-refractivity contribution in [3.63, 3.8) is 0 Å². The Balaban J connectivity index is 1.41. The summed E-state index contributed by atoms with van der Waals surface area (Å²) in [5.74, 6) is 3.14. The van der Waals surface area contributed by atoms with Crippen LogP contribution in [0, 0.1) is 12.8 Å². The van der Waals surface area contributed by atoms with Crippen molar-refractivity contribution in [2.75, 3.05) is 37.0 Å². The van der Waals surface area contributed by atoms with Crippen molar-refractivity contribution in [2.45, 2.75) is 26.2 Å². The molecule has 0 amide bonds. The zero-order valence-electron chi connectivity index (χ0n) is 17.6. The number of guanidine groups is 1. The first-order chi connectivity index (χ1) is 14.7. The predicted molar refractivity (Wildman–Crippen MR) is 130 cm³/mol. The third-order valence-electron chi connectivity index (χ3n) is 5.63. The summed E-state index contributed by atoms with van der Waals surface area (Å²) in [6.45, 7) is 9.85.